The van der Waals surface area contributed by atoms with Crippen LogP contribution in [0, 0.1) is 28.5 Å². The predicted molar refractivity (Wildman–Crippen MR) is 104 cm³/mol. The Morgan fingerprint density at radius 3 is 2.57 bits per heavy atom. The molecule has 1 aliphatic heterocycles. The fourth-order valence-corrected chi connectivity index (χ4v) is 5.78. The molecule has 1 amide bonds. The van der Waals surface area contributed by atoms with Crippen molar-refractivity contribution in [2.45, 2.75) is 19.9 Å². The number of nitrogens with two attached hydrogens (primary N) is 2. The molecule has 10 heteroatoms. The van der Waals surface area contributed by atoms with Crippen LogP contribution in [0.5, 0.6) is 0 Å². The van der Waals surface area contributed by atoms with Crippen LogP contribution in [0.25, 0.3) is 0 Å². The van der Waals surface area contributed by atoms with Crippen LogP contribution < -0.4 is 16.8 Å². The number of hydrogen-bond donors (Lipinski definition) is 3. The van der Waals surface area contributed by atoms with E-state index in [4.69, 9.17) is 11.5 Å². The third-order valence-corrected chi connectivity index (χ3v) is 6.64. The number of nitrogens with one attached hydrogen (secondary N) is 1. The Labute approximate surface area is 163 Å². The molecule has 0 bridgehead atoms. The van der Waals surface area contributed by atoms with Crippen molar-refractivity contribution in [1.82, 2.24) is 0 Å². The highest BCUT2D eigenvalue weighted by molar-refractivity contribution is 7.91. The summed E-state index contributed by atoms with van der Waals surface area (Å²) >= 11 is 0. The van der Waals surface area contributed by atoms with E-state index in [1.54, 1.807) is 13.8 Å². The van der Waals surface area contributed by atoms with Gasteiger partial charge in [-0.15, -0.1) is 0 Å². The predicted octanol–water partition coefficient (Wildman–Crippen LogP) is 0.927. The van der Waals surface area contributed by atoms with Crippen LogP contribution in [-0.4, -0.2) is 37.7 Å². The number of sulfone groups is 1. The molecule has 0 aromatic heterocycles. The van der Waals surface area contributed by atoms with Crippen LogP contribution in [0.15, 0.2) is 41.0 Å². The summed E-state index contributed by atoms with van der Waals surface area (Å²) in [7, 11) is -3.39. The quantitative estimate of drug-likeness (QED) is 0.375. The summed E-state index contributed by atoms with van der Waals surface area (Å²) in [4.78, 5) is 16.2. The molecule has 0 saturated carbocycles. The minimum atomic E-state index is -3.39. The Hall–Kier alpha value is -2.93. The first-order valence-corrected chi connectivity index (χ1v) is 10.3. The van der Waals surface area contributed by atoms with Gasteiger partial charge in [0.05, 0.1) is 34.6 Å². The zero-order valence-corrected chi connectivity index (χ0v) is 16.3. The Balaban J connectivity index is 2.44. The van der Waals surface area contributed by atoms with E-state index in [-0.39, 0.29) is 22.9 Å². The minimum Gasteiger partial charge on any atom is -0.404 e. The number of hydrogen-bond acceptors (Lipinski definition) is 6. The van der Waals surface area contributed by atoms with Gasteiger partial charge in [0.2, 0.25) is 0 Å². The molecule has 0 radical (unpaired) electrons. The molecular weight excluding hydrogens is 385 g/mol. The molecule has 5 N–H and O–H groups in total. The number of amides is 1. The van der Waals surface area contributed by atoms with Gasteiger partial charge in [0.1, 0.15) is 11.7 Å². The van der Waals surface area contributed by atoms with Crippen molar-refractivity contribution >= 4 is 27.3 Å². The molecule has 0 aliphatic carbocycles. The third-order valence-electron chi connectivity index (χ3n) is 4.74. The minimum absolute atomic E-state index is 0.0127. The number of nitrogens with zero attached hydrogens (tertiary/aromatic N) is 2. The molecule has 150 valence electrons. The van der Waals surface area contributed by atoms with Gasteiger partial charge >= 0.3 is 0 Å². The van der Waals surface area contributed by atoms with Crippen molar-refractivity contribution in [1.29, 1.82) is 5.26 Å². The maximum Gasteiger partial charge on any atom is 0.253 e. The van der Waals surface area contributed by atoms with Crippen molar-refractivity contribution in [3.8, 4) is 6.07 Å². The van der Waals surface area contributed by atoms with Gasteiger partial charge in [-0.05, 0) is 38.1 Å². The van der Waals surface area contributed by atoms with Crippen LogP contribution in [0.2, 0.25) is 0 Å². The molecule has 1 saturated heterocycles. The average molecular weight is 407 g/mol. The number of rotatable bonds is 5. The van der Waals surface area contributed by atoms with E-state index in [1.807, 2.05) is 0 Å². The highest BCUT2D eigenvalue weighted by Gasteiger charge is 2.50. The highest BCUT2D eigenvalue weighted by atomic mass is 32.2. The lowest BCUT2D eigenvalue weighted by Crippen LogP contribution is -2.34. The second-order valence-corrected chi connectivity index (χ2v) is 9.09. The van der Waals surface area contributed by atoms with Crippen LogP contribution in [0.1, 0.15) is 13.8 Å². The zero-order chi connectivity index (χ0) is 21.1. The molecule has 28 heavy (non-hydrogen) atoms. The summed E-state index contributed by atoms with van der Waals surface area (Å²) < 4.78 is 37.3. The molecule has 1 unspecified atom stereocenters. The van der Waals surface area contributed by atoms with Gasteiger partial charge in [0.15, 0.2) is 9.84 Å². The first-order chi connectivity index (χ1) is 13.0. The largest absolute Gasteiger partial charge is 0.404 e. The summed E-state index contributed by atoms with van der Waals surface area (Å²) in [5, 5.41) is 12.4. The Morgan fingerprint density at radius 1 is 1.46 bits per heavy atom. The second-order valence-electron chi connectivity index (χ2n) is 6.99. The number of aliphatic imine (C=N–C) groups is 1. The fourth-order valence-electron chi connectivity index (χ4n) is 3.28. The van der Waals surface area contributed by atoms with E-state index < -0.39 is 38.9 Å². The van der Waals surface area contributed by atoms with E-state index in [9.17, 15) is 22.9 Å². The van der Waals surface area contributed by atoms with Crippen molar-refractivity contribution in [2.24, 2.45) is 27.8 Å². The number of amidine groups is 1. The summed E-state index contributed by atoms with van der Waals surface area (Å²) in [6.45, 7) is 3.23. The lowest BCUT2D eigenvalue weighted by Gasteiger charge is -2.26. The molecular formula is C18H22FN5O3S. The Kier molecular flexibility index (Phi) is 6.09. The Bertz CT molecular complexity index is 966. The van der Waals surface area contributed by atoms with Crippen LogP contribution in [0.4, 0.5) is 10.1 Å². The fraction of sp³-hybridized carbons (Fsp3) is 0.389. The van der Waals surface area contributed by atoms with E-state index in [0.717, 1.165) is 6.20 Å². The maximum atomic E-state index is 13.1. The monoisotopic (exact) mass is 407 g/mol. The molecule has 1 heterocycles. The van der Waals surface area contributed by atoms with E-state index in [2.05, 4.69) is 16.4 Å². The van der Waals surface area contributed by atoms with Crippen LogP contribution >= 0.6 is 0 Å². The van der Waals surface area contributed by atoms with Gasteiger partial charge in [0.25, 0.3) is 5.91 Å². The zero-order valence-electron chi connectivity index (χ0n) is 15.5. The SMILES string of the molecule is C[C@@H](N=C(Nc1ccc(F)cc1)/C(=C\N)C(N)=O)[C@@H]1CS(=O)(=O)CC1(C)C#N. The third kappa shape index (κ3) is 4.67. The van der Waals surface area contributed by atoms with Gasteiger partial charge in [-0.1, -0.05) is 0 Å². The van der Waals surface area contributed by atoms with Gasteiger partial charge in [-0.25, -0.2) is 12.8 Å². The highest BCUT2D eigenvalue weighted by Crippen LogP contribution is 2.40. The molecule has 1 aromatic carbocycles. The number of nitriles is 1. The number of carbonyl (C=O) groups is 1. The van der Waals surface area contributed by atoms with Crippen molar-refractivity contribution in [3.05, 3.63) is 41.9 Å². The van der Waals surface area contributed by atoms with E-state index >= 15 is 0 Å². The van der Waals surface area contributed by atoms with Crippen molar-refractivity contribution < 1.29 is 17.6 Å². The molecule has 3 atom stereocenters. The molecule has 1 aromatic rings. The summed E-state index contributed by atoms with van der Waals surface area (Å²) in [6.07, 6.45) is 0.985. The first-order valence-electron chi connectivity index (χ1n) is 8.45. The van der Waals surface area contributed by atoms with Crippen LogP contribution in [-0.2, 0) is 14.6 Å². The molecule has 0 spiro atoms. The van der Waals surface area contributed by atoms with Crippen LogP contribution in [0.3, 0.4) is 0 Å². The summed E-state index contributed by atoms with van der Waals surface area (Å²) in [5.74, 6) is -2.30. The molecule has 8 nitrogen and oxygen atoms in total. The first kappa shape index (κ1) is 21.4. The van der Waals surface area contributed by atoms with Gasteiger partial charge in [-0.2, -0.15) is 5.26 Å². The van der Waals surface area contributed by atoms with Gasteiger partial charge in [-0.3, -0.25) is 9.79 Å². The maximum absolute atomic E-state index is 13.1. The molecule has 2 rings (SSSR count). The van der Waals surface area contributed by atoms with E-state index in [0.29, 0.717) is 5.69 Å². The van der Waals surface area contributed by atoms with E-state index in [1.165, 1.54) is 24.3 Å². The second kappa shape index (κ2) is 7.98. The molecule has 1 aliphatic rings. The number of primary amides is 1. The number of halogens is 1. The Morgan fingerprint density at radius 2 is 2.07 bits per heavy atom. The van der Waals surface area contributed by atoms with Gasteiger partial charge < -0.3 is 16.8 Å². The van der Waals surface area contributed by atoms with Crippen molar-refractivity contribution in [3.63, 3.8) is 0 Å². The summed E-state index contributed by atoms with van der Waals surface area (Å²) in [6, 6.07) is 6.75. The van der Waals surface area contributed by atoms with Gasteiger partial charge in [0, 0.05) is 17.8 Å². The topological polar surface area (TPSA) is 151 Å². The lowest BCUT2D eigenvalue weighted by atomic mass is 9.78. The molecule has 1 fully saturated rings. The standard InChI is InChI=1S/C18H22FN5O3S/c1-11(15-8-28(26,27)10-18(15,2)9-21)23-17(14(7-20)16(22)25)24-13-5-3-12(19)4-6-13/h3-7,11,15H,8,10,20H2,1-2H3,(H2,22,25)(H,23,24)/b14-7-/t11-,15+,18?/m1/s1. The number of carbonyl (C=O) groups excluding carboxylic acids is 1. The number of benzene rings is 1. The van der Waals surface area contributed by atoms with Crippen molar-refractivity contribution in [2.75, 3.05) is 16.8 Å². The average Bonchev–Trinajstić information content (AvgIpc) is 2.87. The normalized spacial score (nSPS) is 25.7. The number of anilines is 1. The smallest absolute Gasteiger partial charge is 0.253 e. The lowest BCUT2D eigenvalue weighted by molar-refractivity contribution is -0.114. The summed E-state index contributed by atoms with van der Waals surface area (Å²) in [5.41, 5.74) is 10.1.